The first kappa shape index (κ1) is 28.7. The predicted molar refractivity (Wildman–Crippen MR) is 145 cm³/mol. The van der Waals surface area contributed by atoms with Gasteiger partial charge in [0.05, 0.1) is 55.0 Å². The number of nitrogens with one attached hydrogen (secondary N) is 2. The van der Waals surface area contributed by atoms with Gasteiger partial charge in [-0.05, 0) is 25.5 Å². The fraction of sp³-hybridized carbons (Fsp3) is 0.577. The third-order valence-corrected chi connectivity index (χ3v) is 6.91. The number of piperidine rings is 1. The van der Waals surface area contributed by atoms with Gasteiger partial charge in [0.25, 0.3) is 5.92 Å². The lowest BCUT2D eigenvalue weighted by Crippen LogP contribution is -2.61. The van der Waals surface area contributed by atoms with Crippen LogP contribution in [0.4, 0.5) is 30.6 Å². The lowest BCUT2D eigenvalue weighted by atomic mass is 9.98. The molecule has 5 rings (SSSR count). The van der Waals surface area contributed by atoms with Crippen molar-refractivity contribution in [3.63, 3.8) is 0 Å². The quantitative estimate of drug-likeness (QED) is 0.386. The Kier molecular flexibility index (Phi) is 9.01. The maximum absolute atomic E-state index is 15.1. The molecule has 2 fully saturated rings. The van der Waals surface area contributed by atoms with E-state index in [1.807, 2.05) is 0 Å². The lowest BCUT2D eigenvalue weighted by Gasteiger charge is -2.44. The summed E-state index contributed by atoms with van der Waals surface area (Å²) in [6.07, 6.45) is 4.04. The van der Waals surface area contributed by atoms with Crippen LogP contribution in [-0.2, 0) is 4.74 Å². The van der Waals surface area contributed by atoms with Crippen molar-refractivity contribution in [2.24, 2.45) is 10.2 Å². The van der Waals surface area contributed by atoms with Crippen molar-refractivity contribution in [3.8, 4) is 11.3 Å². The Morgan fingerprint density at radius 2 is 1.92 bits per heavy atom. The van der Waals surface area contributed by atoms with Gasteiger partial charge in [0.1, 0.15) is 11.2 Å². The van der Waals surface area contributed by atoms with Gasteiger partial charge in [-0.1, -0.05) is 26.7 Å². The third-order valence-electron chi connectivity index (χ3n) is 6.91. The van der Waals surface area contributed by atoms with Crippen LogP contribution in [0, 0.1) is 12.7 Å². The zero-order valence-corrected chi connectivity index (χ0v) is 23.0. The molecule has 0 amide bonds. The zero-order valence-electron chi connectivity index (χ0n) is 23.0. The summed E-state index contributed by atoms with van der Waals surface area (Å²) < 4.78 is 51.4. The highest BCUT2D eigenvalue weighted by Gasteiger charge is 2.47. The van der Waals surface area contributed by atoms with Gasteiger partial charge < -0.3 is 15.4 Å². The normalized spacial score (nSPS) is 19.5. The summed E-state index contributed by atoms with van der Waals surface area (Å²) in [5.74, 6) is -3.29. The Hall–Kier alpha value is -3.32. The molecule has 3 aromatic heterocycles. The van der Waals surface area contributed by atoms with Crippen molar-refractivity contribution in [2.75, 3.05) is 51.0 Å². The number of alkyl halides is 2. The average Bonchev–Trinajstić information content (AvgIpc) is 3.21. The summed E-state index contributed by atoms with van der Waals surface area (Å²) in [5.41, 5.74) is 2.08. The van der Waals surface area contributed by atoms with Crippen LogP contribution < -0.4 is 10.6 Å². The molecule has 0 bridgehead atoms. The van der Waals surface area contributed by atoms with Crippen molar-refractivity contribution in [1.82, 2.24) is 24.5 Å². The number of nitrogens with zero attached hydrogens (tertiary/aromatic N) is 7. The maximum atomic E-state index is 15.1. The predicted octanol–water partition coefficient (Wildman–Crippen LogP) is 5.32. The Bertz CT molecular complexity index is 1310. The van der Waals surface area contributed by atoms with Crippen molar-refractivity contribution >= 4 is 23.0 Å². The molecular weight excluding hydrogens is 511 g/mol. The van der Waals surface area contributed by atoms with E-state index in [0.29, 0.717) is 42.4 Å². The number of aromatic nitrogens is 4. The standard InChI is InChI=1S/C22H26F3N9O.C4H10/c1-12-15(31-27-3)4-5-16(28-12)18-14(23)8-34-19(18)20(26-2)30-21(32-34)29-17-6-7-33(11-22(17,24)25)13-9-35-10-13;1-3-4-2/h4-5,8,13,17H,6-7,9-11H2,1-3H3,(H2,26,29,30,32);3-4H2,1-2H3. The van der Waals surface area contributed by atoms with Crippen LogP contribution in [0.5, 0.6) is 0 Å². The molecule has 0 aliphatic carbocycles. The molecule has 212 valence electrons. The van der Waals surface area contributed by atoms with Gasteiger partial charge in [-0.2, -0.15) is 15.2 Å². The van der Waals surface area contributed by atoms with E-state index in [1.54, 1.807) is 38.1 Å². The summed E-state index contributed by atoms with van der Waals surface area (Å²) in [6, 6.07) is 2.24. The fourth-order valence-electron chi connectivity index (χ4n) is 4.48. The van der Waals surface area contributed by atoms with Gasteiger partial charge in [0.2, 0.25) is 5.95 Å². The fourth-order valence-corrected chi connectivity index (χ4v) is 4.48. The number of fused-ring (bicyclic) bond motifs is 1. The first-order chi connectivity index (χ1) is 18.7. The molecule has 39 heavy (non-hydrogen) atoms. The summed E-state index contributed by atoms with van der Waals surface area (Å²) >= 11 is 0. The minimum Gasteiger partial charge on any atom is -0.378 e. The number of anilines is 2. The van der Waals surface area contributed by atoms with E-state index in [2.05, 4.69) is 49.8 Å². The van der Waals surface area contributed by atoms with Crippen molar-refractivity contribution in [1.29, 1.82) is 0 Å². The molecule has 2 aliphatic heterocycles. The van der Waals surface area contributed by atoms with Crippen LogP contribution in [0.3, 0.4) is 0 Å². The van der Waals surface area contributed by atoms with Crippen LogP contribution >= 0.6 is 0 Å². The second-order valence-corrected chi connectivity index (χ2v) is 9.69. The number of halogens is 3. The Morgan fingerprint density at radius 3 is 2.49 bits per heavy atom. The topological polar surface area (TPSA) is 104 Å². The van der Waals surface area contributed by atoms with Gasteiger partial charge in [0.15, 0.2) is 11.6 Å². The second kappa shape index (κ2) is 12.2. The van der Waals surface area contributed by atoms with Gasteiger partial charge in [-0.25, -0.2) is 17.7 Å². The van der Waals surface area contributed by atoms with Crippen LogP contribution in [0.2, 0.25) is 0 Å². The van der Waals surface area contributed by atoms with E-state index >= 15 is 4.39 Å². The molecule has 1 unspecified atom stereocenters. The van der Waals surface area contributed by atoms with E-state index in [4.69, 9.17) is 4.74 Å². The van der Waals surface area contributed by atoms with Crippen molar-refractivity contribution in [3.05, 3.63) is 29.8 Å². The molecule has 1 atom stereocenters. The van der Waals surface area contributed by atoms with Crippen LogP contribution in [0.15, 0.2) is 28.6 Å². The molecule has 0 spiro atoms. The molecule has 10 nitrogen and oxygen atoms in total. The average molecular weight is 548 g/mol. The summed E-state index contributed by atoms with van der Waals surface area (Å²) in [4.78, 5) is 10.6. The molecule has 2 N–H and O–H groups in total. The van der Waals surface area contributed by atoms with E-state index in [-0.39, 0.29) is 36.3 Å². The van der Waals surface area contributed by atoms with E-state index < -0.39 is 17.8 Å². The molecule has 2 aliphatic rings. The van der Waals surface area contributed by atoms with E-state index in [0.717, 1.165) is 0 Å². The third kappa shape index (κ3) is 6.14. The Balaban J connectivity index is 0.000000826. The van der Waals surface area contributed by atoms with E-state index in [9.17, 15) is 8.78 Å². The molecular formula is C26H36F3N9O. The number of aryl methyl sites for hydroxylation is 1. The number of azo groups is 1. The van der Waals surface area contributed by atoms with Gasteiger partial charge >= 0.3 is 0 Å². The van der Waals surface area contributed by atoms with Crippen molar-refractivity contribution < 1.29 is 17.9 Å². The number of likely N-dealkylation sites (tertiary alicyclic amines) is 1. The van der Waals surface area contributed by atoms with Gasteiger partial charge in [-0.15, -0.1) is 5.10 Å². The van der Waals surface area contributed by atoms with Gasteiger partial charge in [0, 0.05) is 20.6 Å². The summed E-state index contributed by atoms with van der Waals surface area (Å²) in [5, 5.41) is 17.7. The SMILES string of the molecule is CCCC.CN=Nc1ccc(-c2c(F)cn3nc(NC4CCN(C5COC5)CC4(F)F)nc(NC)c23)nc1C. The smallest absolute Gasteiger partial charge is 0.280 e. The molecule has 0 saturated carbocycles. The number of unbranched alkanes of at least 4 members (excludes halogenated alkanes) is 1. The second-order valence-electron chi connectivity index (χ2n) is 9.69. The number of ether oxygens (including phenoxy) is 1. The number of hydrogen-bond acceptors (Lipinski definition) is 9. The van der Waals surface area contributed by atoms with Crippen LogP contribution in [0.1, 0.15) is 38.8 Å². The first-order valence-corrected chi connectivity index (χ1v) is 13.2. The highest BCUT2D eigenvalue weighted by Crippen LogP contribution is 2.35. The van der Waals surface area contributed by atoms with E-state index in [1.165, 1.54) is 23.6 Å². The van der Waals surface area contributed by atoms with Crippen LogP contribution in [-0.4, -0.2) is 82.9 Å². The lowest BCUT2D eigenvalue weighted by molar-refractivity contribution is -0.131. The van der Waals surface area contributed by atoms with Gasteiger partial charge in [-0.3, -0.25) is 9.88 Å². The summed E-state index contributed by atoms with van der Waals surface area (Å²) in [7, 11) is 3.18. The largest absolute Gasteiger partial charge is 0.378 e. The minimum absolute atomic E-state index is 0.0173. The molecule has 2 saturated heterocycles. The number of rotatable bonds is 7. The Morgan fingerprint density at radius 1 is 1.18 bits per heavy atom. The number of hydrogen-bond donors (Lipinski definition) is 2. The first-order valence-electron chi connectivity index (χ1n) is 13.2. The number of pyridine rings is 1. The maximum Gasteiger partial charge on any atom is 0.280 e. The molecule has 13 heteroatoms. The highest BCUT2D eigenvalue weighted by atomic mass is 19.3. The zero-order chi connectivity index (χ0) is 28.2. The minimum atomic E-state index is -2.99. The summed E-state index contributed by atoms with van der Waals surface area (Å²) in [6.45, 7) is 7.25. The monoisotopic (exact) mass is 547 g/mol. The molecule has 0 radical (unpaired) electrons. The molecule has 5 heterocycles. The highest BCUT2D eigenvalue weighted by molar-refractivity contribution is 5.88. The molecule has 3 aromatic rings. The van der Waals surface area contributed by atoms with Crippen molar-refractivity contribution in [2.45, 2.75) is 58.0 Å². The van der Waals surface area contributed by atoms with Crippen LogP contribution in [0.25, 0.3) is 16.8 Å². The Labute approximate surface area is 226 Å². The molecule has 0 aromatic carbocycles.